The van der Waals surface area contributed by atoms with Gasteiger partial charge in [0.05, 0.1) is 24.6 Å². The fourth-order valence-corrected chi connectivity index (χ4v) is 3.77. The zero-order chi connectivity index (χ0) is 18.4. The summed E-state index contributed by atoms with van der Waals surface area (Å²) >= 11 is 1.58. The fraction of sp³-hybridized carbons (Fsp3) is 0.667. The summed E-state index contributed by atoms with van der Waals surface area (Å²) in [6.45, 7) is 11.0. The minimum absolute atomic E-state index is 0.0885. The number of nitrogens with zero attached hydrogens (tertiary/aromatic N) is 2. The molecule has 2 aromatic rings. The van der Waals surface area contributed by atoms with E-state index >= 15 is 0 Å². The molecule has 0 saturated carbocycles. The van der Waals surface area contributed by atoms with E-state index in [2.05, 4.69) is 35.6 Å². The van der Waals surface area contributed by atoms with Crippen LogP contribution in [0.2, 0.25) is 0 Å². The van der Waals surface area contributed by atoms with Crippen molar-refractivity contribution in [1.82, 2.24) is 14.9 Å². The highest BCUT2D eigenvalue weighted by molar-refractivity contribution is 7.18. The standard InChI is InChI=1S/C18H29N3O3S/c1-5-7-21(9-13(22)11-24-6-2)10-16-19-17(23)14-8-15(12(3)4)25-18(14)20-16/h8,12-13,22H,5-7,9-11H2,1-4H3,(H,19,20,23)/t13-/m1/s1. The average Bonchev–Trinajstić information content (AvgIpc) is 2.98. The van der Waals surface area contributed by atoms with Crippen molar-refractivity contribution >= 4 is 21.6 Å². The first-order chi connectivity index (χ1) is 11.9. The summed E-state index contributed by atoms with van der Waals surface area (Å²) < 4.78 is 5.28. The summed E-state index contributed by atoms with van der Waals surface area (Å²) in [5.74, 6) is 1.03. The Morgan fingerprint density at radius 3 is 2.80 bits per heavy atom. The van der Waals surface area contributed by atoms with E-state index in [1.165, 1.54) is 4.88 Å². The van der Waals surface area contributed by atoms with Gasteiger partial charge in [0.25, 0.3) is 5.56 Å². The molecule has 2 rings (SSSR count). The maximum Gasteiger partial charge on any atom is 0.259 e. The van der Waals surface area contributed by atoms with Gasteiger partial charge in [0.15, 0.2) is 0 Å². The number of hydrogen-bond acceptors (Lipinski definition) is 6. The van der Waals surface area contributed by atoms with Gasteiger partial charge < -0.3 is 14.8 Å². The fourth-order valence-electron chi connectivity index (χ4n) is 2.72. The lowest BCUT2D eigenvalue weighted by atomic mass is 10.2. The third-order valence-corrected chi connectivity index (χ3v) is 5.27. The minimum Gasteiger partial charge on any atom is -0.389 e. The summed E-state index contributed by atoms with van der Waals surface area (Å²) in [5, 5.41) is 10.8. The van der Waals surface area contributed by atoms with Crippen molar-refractivity contribution in [3.05, 3.63) is 27.1 Å². The second-order valence-electron chi connectivity index (χ2n) is 6.58. The molecule has 0 radical (unpaired) electrons. The number of nitrogens with one attached hydrogen (secondary N) is 1. The molecule has 0 aliphatic carbocycles. The summed E-state index contributed by atoms with van der Waals surface area (Å²) in [5.41, 5.74) is -0.0885. The van der Waals surface area contributed by atoms with Crippen LogP contribution in [0.4, 0.5) is 0 Å². The smallest absolute Gasteiger partial charge is 0.259 e. The van der Waals surface area contributed by atoms with E-state index in [1.54, 1.807) is 11.3 Å². The molecule has 0 aliphatic rings. The SMILES string of the molecule is CCCN(Cc1nc2sc(C(C)C)cc2c(=O)[nH]1)C[C@@H](O)COCC. The van der Waals surface area contributed by atoms with Gasteiger partial charge in [-0.2, -0.15) is 0 Å². The molecule has 6 nitrogen and oxygen atoms in total. The highest BCUT2D eigenvalue weighted by atomic mass is 32.1. The highest BCUT2D eigenvalue weighted by Gasteiger charge is 2.15. The number of hydrogen-bond donors (Lipinski definition) is 2. The third kappa shape index (κ3) is 5.60. The predicted octanol–water partition coefficient (Wildman–Crippen LogP) is 2.72. The summed E-state index contributed by atoms with van der Waals surface area (Å²) in [7, 11) is 0. The van der Waals surface area contributed by atoms with Gasteiger partial charge in [0.1, 0.15) is 10.7 Å². The van der Waals surface area contributed by atoms with Crippen LogP contribution in [0.3, 0.4) is 0 Å². The average molecular weight is 368 g/mol. The van der Waals surface area contributed by atoms with Crippen LogP contribution < -0.4 is 5.56 Å². The molecule has 2 aromatic heterocycles. The van der Waals surface area contributed by atoms with Gasteiger partial charge in [-0.1, -0.05) is 20.8 Å². The molecule has 2 N–H and O–H groups in total. The second-order valence-corrected chi connectivity index (χ2v) is 7.65. The lowest BCUT2D eigenvalue weighted by Crippen LogP contribution is -2.36. The van der Waals surface area contributed by atoms with Crippen LogP contribution in [-0.2, 0) is 11.3 Å². The molecule has 25 heavy (non-hydrogen) atoms. The van der Waals surface area contributed by atoms with Gasteiger partial charge in [0.2, 0.25) is 0 Å². The molecule has 0 saturated heterocycles. The number of thiophene rings is 1. The summed E-state index contributed by atoms with van der Waals surface area (Å²) in [6.07, 6.45) is 0.417. The Morgan fingerprint density at radius 1 is 1.40 bits per heavy atom. The van der Waals surface area contributed by atoms with E-state index < -0.39 is 6.10 Å². The van der Waals surface area contributed by atoms with Gasteiger partial charge in [-0.15, -0.1) is 11.3 Å². The Morgan fingerprint density at radius 2 is 2.16 bits per heavy atom. The van der Waals surface area contributed by atoms with Crippen LogP contribution >= 0.6 is 11.3 Å². The van der Waals surface area contributed by atoms with Crippen LogP contribution in [0.25, 0.3) is 10.2 Å². The Bertz CT molecular complexity index is 726. The van der Waals surface area contributed by atoms with Crippen LogP contribution in [0.15, 0.2) is 10.9 Å². The van der Waals surface area contributed by atoms with Crippen LogP contribution in [0, 0.1) is 0 Å². The minimum atomic E-state index is -0.545. The Labute approximate surface area is 152 Å². The quantitative estimate of drug-likeness (QED) is 0.675. The first kappa shape index (κ1) is 20.0. The number of aromatic nitrogens is 2. The largest absolute Gasteiger partial charge is 0.389 e. The van der Waals surface area contributed by atoms with Crippen molar-refractivity contribution < 1.29 is 9.84 Å². The lowest BCUT2D eigenvalue weighted by Gasteiger charge is -2.24. The molecular formula is C18H29N3O3S. The number of rotatable bonds is 10. The molecule has 140 valence electrons. The molecule has 0 spiro atoms. The second kappa shape index (κ2) is 9.43. The maximum absolute atomic E-state index is 12.4. The topological polar surface area (TPSA) is 78.5 Å². The van der Waals surface area contributed by atoms with Gasteiger partial charge in [-0.3, -0.25) is 9.69 Å². The maximum atomic E-state index is 12.4. The number of aliphatic hydroxyl groups excluding tert-OH is 1. The molecule has 2 heterocycles. The summed E-state index contributed by atoms with van der Waals surface area (Å²) in [4.78, 5) is 24.0. The number of H-pyrrole nitrogens is 1. The lowest BCUT2D eigenvalue weighted by molar-refractivity contribution is 0.0192. The van der Waals surface area contributed by atoms with Crippen molar-refractivity contribution in [2.24, 2.45) is 0 Å². The van der Waals surface area contributed by atoms with Gasteiger partial charge in [-0.05, 0) is 31.9 Å². The molecule has 7 heteroatoms. The zero-order valence-corrected chi connectivity index (χ0v) is 16.4. The van der Waals surface area contributed by atoms with Crippen molar-refractivity contribution in [3.8, 4) is 0 Å². The van der Waals surface area contributed by atoms with Crippen LogP contribution in [-0.4, -0.2) is 52.4 Å². The van der Waals surface area contributed by atoms with Gasteiger partial charge in [-0.25, -0.2) is 4.98 Å². The number of aliphatic hydroxyl groups is 1. The normalized spacial score (nSPS) is 13.2. The van der Waals surface area contributed by atoms with Crippen molar-refractivity contribution in [2.45, 2.75) is 52.7 Å². The molecule has 1 atom stereocenters. The van der Waals surface area contributed by atoms with E-state index in [1.807, 2.05) is 13.0 Å². The van der Waals surface area contributed by atoms with E-state index in [4.69, 9.17) is 4.74 Å². The van der Waals surface area contributed by atoms with E-state index in [0.717, 1.165) is 17.8 Å². The van der Waals surface area contributed by atoms with Gasteiger partial charge in [0, 0.05) is 18.0 Å². The molecule has 0 fully saturated rings. The molecular weight excluding hydrogens is 338 g/mol. The van der Waals surface area contributed by atoms with Gasteiger partial charge >= 0.3 is 0 Å². The molecule has 0 aliphatic heterocycles. The zero-order valence-electron chi connectivity index (χ0n) is 15.5. The monoisotopic (exact) mass is 367 g/mol. The van der Waals surface area contributed by atoms with E-state index in [-0.39, 0.29) is 5.56 Å². The Kier molecular flexibility index (Phi) is 7.56. The molecule has 0 unspecified atom stereocenters. The van der Waals surface area contributed by atoms with Crippen molar-refractivity contribution in [1.29, 1.82) is 0 Å². The Hall–Kier alpha value is -1.28. The predicted molar refractivity (Wildman–Crippen MR) is 102 cm³/mol. The first-order valence-electron chi connectivity index (χ1n) is 8.95. The number of fused-ring (bicyclic) bond motifs is 1. The third-order valence-electron chi connectivity index (χ3n) is 3.94. The van der Waals surface area contributed by atoms with Crippen LogP contribution in [0.1, 0.15) is 50.7 Å². The highest BCUT2D eigenvalue weighted by Crippen LogP contribution is 2.27. The number of aromatic amines is 1. The van der Waals surface area contributed by atoms with Crippen molar-refractivity contribution in [3.63, 3.8) is 0 Å². The Balaban J connectivity index is 2.16. The van der Waals surface area contributed by atoms with E-state index in [0.29, 0.717) is 43.4 Å². The molecule has 0 aromatic carbocycles. The molecule has 0 amide bonds. The first-order valence-corrected chi connectivity index (χ1v) is 9.77. The molecule has 0 bridgehead atoms. The van der Waals surface area contributed by atoms with Crippen LogP contribution in [0.5, 0.6) is 0 Å². The summed E-state index contributed by atoms with van der Waals surface area (Å²) in [6, 6.07) is 1.94. The van der Waals surface area contributed by atoms with Crippen molar-refractivity contribution in [2.75, 3.05) is 26.3 Å². The van der Waals surface area contributed by atoms with E-state index in [9.17, 15) is 9.90 Å². The number of ether oxygens (including phenoxy) is 1.